The van der Waals surface area contributed by atoms with Crippen molar-refractivity contribution in [3.05, 3.63) is 35.4 Å². The highest BCUT2D eigenvalue weighted by Crippen LogP contribution is 2.32. The van der Waals surface area contributed by atoms with E-state index in [9.17, 15) is 0 Å². The lowest BCUT2D eigenvalue weighted by Gasteiger charge is -2.21. The Morgan fingerprint density at radius 2 is 1.93 bits per heavy atom. The summed E-state index contributed by atoms with van der Waals surface area (Å²) in [4.78, 5) is 0. The summed E-state index contributed by atoms with van der Waals surface area (Å²) in [5.74, 6) is 0.706. The fraction of sp³-hybridized carbons (Fsp3) is 0.462. The molecular formula is C13H15N. The first-order valence-corrected chi connectivity index (χ1v) is 5.40. The first-order valence-electron chi connectivity index (χ1n) is 5.40. The van der Waals surface area contributed by atoms with Gasteiger partial charge in [-0.25, -0.2) is 0 Å². The second-order valence-corrected chi connectivity index (χ2v) is 4.07. The van der Waals surface area contributed by atoms with Gasteiger partial charge in [0.15, 0.2) is 0 Å². The first-order chi connectivity index (χ1) is 6.90. The Labute approximate surface area is 85.4 Å². The van der Waals surface area contributed by atoms with Crippen LogP contribution < -0.4 is 0 Å². The maximum Gasteiger partial charge on any atom is 0.0991 e. The highest BCUT2D eigenvalue weighted by molar-refractivity contribution is 5.34. The molecule has 1 nitrogen and oxygen atoms in total. The van der Waals surface area contributed by atoms with E-state index in [0.29, 0.717) is 5.92 Å². The summed E-state index contributed by atoms with van der Waals surface area (Å²) in [5, 5.41) is 8.81. The Hall–Kier alpha value is -1.29. The van der Waals surface area contributed by atoms with Crippen LogP contribution in [-0.4, -0.2) is 0 Å². The van der Waals surface area contributed by atoms with Crippen LogP contribution in [-0.2, 0) is 0 Å². The summed E-state index contributed by atoms with van der Waals surface area (Å²) >= 11 is 0. The molecule has 0 aliphatic heterocycles. The molecule has 1 heteroatoms. The summed E-state index contributed by atoms with van der Waals surface area (Å²) in [6.45, 7) is 0. The monoisotopic (exact) mass is 185 g/mol. The normalized spacial score (nSPS) is 17.6. The Bertz CT molecular complexity index is 342. The first kappa shape index (κ1) is 9.27. The average Bonchev–Trinajstić information content (AvgIpc) is 2.30. The molecule has 0 unspecified atom stereocenters. The number of hydrogen-bond donors (Lipinski definition) is 0. The number of nitriles is 1. The Morgan fingerprint density at radius 1 is 1.14 bits per heavy atom. The molecule has 1 fully saturated rings. The lowest BCUT2D eigenvalue weighted by Crippen LogP contribution is -2.04. The van der Waals surface area contributed by atoms with Crippen LogP contribution >= 0.6 is 0 Å². The lowest BCUT2D eigenvalue weighted by molar-refractivity contribution is 0.443. The van der Waals surface area contributed by atoms with E-state index in [0.717, 1.165) is 5.56 Å². The van der Waals surface area contributed by atoms with Gasteiger partial charge in [0.05, 0.1) is 11.6 Å². The van der Waals surface area contributed by atoms with Gasteiger partial charge in [-0.15, -0.1) is 0 Å². The molecule has 0 heterocycles. The van der Waals surface area contributed by atoms with Crippen molar-refractivity contribution in [1.29, 1.82) is 5.26 Å². The minimum atomic E-state index is 0.706. The standard InChI is InChI=1S/C13H15N/c14-10-11-5-4-8-13(9-11)12-6-2-1-3-7-12/h4-5,8-9,12H,1-3,6-7H2. The van der Waals surface area contributed by atoms with Gasteiger partial charge in [-0.3, -0.25) is 0 Å². The molecule has 0 aromatic heterocycles. The number of nitrogens with zero attached hydrogens (tertiary/aromatic N) is 1. The maximum atomic E-state index is 8.81. The van der Waals surface area contributed by atoms with Gasteiger partial charge >= 0.3 is 0 Å². The molecule has 1 aliphatic rings. The summed E-state index contributed by atoms with van der Waals surface area (Å²) in [6, 6.07) is 10.3. The molecule has 0 radical (unpaired) electrons. The van der Waals surface area contributed by atoms with E-state index < -0.39 is 0 Å². The molecule has 0 amide bonds. The second kappa shape index (κ2) is 4.28. The van der Waals surface area contributed by atoms with Crippen LogP contribution in [0, 0.1) is 11.3 Å². The fourth-order valence-electron chi connectivity index (χ4n) is 2.30. The molecule has 1 aromatic carbocycles. The van der Waals surface area contributed by atoms with Crippen LogP contribution in [0.15, 0.2) is 24.3 Å². The van der Waals surface area contributed by atoms with E-state index in [-0.39, 0.29) is 0 Å². The Kier molecular flexibility index (Phi) is 2.84. The molecule has 0 bridgehead atoms. The fourth-order valence-corrected chi connectivity index (χ4v) is 2.30. The molecule has 0 atom stereocenters. The third-order valence-corrected chi connectivity index (χ3v) is 3.09. The van der Waals surface area contributed by atoms with Crippen molar-refractivity contribution in [2.75, 3.05) is 0 Å². The van der Waals surface area contributed by atoms with Crippen LogP contribution in [0.3, 0.4) is 0 Å². The van der Waals surface area contributed by atoms with Gasteiger partial charge in [-0.05, 0) is 36.5 Å². The molecule has 72 valence electrons. The molecule has 14 heavy (non-hydrogen) atoms. The van der Waals surface area contributed by atoms with Crippen molar-refractivity contribution >= 4 is 0 Å². The van der Waals surface area contributed by atoms with Crippen molar-refractivity contribution in [1.82, 2.24) is 0 Å². The van der Waals surface area contributed by atoms with E-state index >= 15 is 0 Å². The van der Waals surface area contributed by atoms with Gasteiger partial charge in [0.25, 0.3) is 0 Å². The third-order valence-electron chi connectivity index (χ3n) is 3.09. The SMILES string of the molecule is N#Cc1cccc(C2CCCCC2)c1. The minimum absolute atomic E-state index is 0.706. The molecule has 0 spiro atoms. The van der Waals surface area contributed by atoms with Crippen LogP contribution in [0.1, 0.15) is 49.1 Å². The lowest BCUT2D eigenvalue weighted by atomic mass is 9.84. The largest absolute Gasteiger partial charge is 0.192 e. The zero-order valence-electron chi connectivity index (χ0n) is 8.37. The van der Waals surface area contributed by atoms with E-state index in [1.807, 2.05) is 12.1 Å². The molecular weight excluding hydrogens is 170 g/mol. The summed E-state index contributed by atoms with van der Waals surface area (Å²) < 4.78 is 0. The van der Waals surface area contributed by atoms with Gasteiger partial charge in [0.1, 0.15) is 0 Å². The molecule has 1 aliphatic carbocycles. The molecule has 0 saturated heterocycles. The predicted molar refractivity (Wildman–Crippen MR) is 57.0 cm³/mol. The van der Waals surface area contributed by atoms with Gasteiger partial charge in [-0.2, -0.15) is 5.26 Å². The van der Waals surface area contributed by atoms with E-state index in [1.165, 1.54) is 37.7 Å². The van der Waals surface area contributed by atoms with Crippen molar-refractivity contribution in [3.63, 3.8) is 0 Å². The van der Waals surface area contributed by atoms with Crippen molar-refractivity contribution < 1.29 is 0 Å². The van der Waals surface area contributed by atoms with E-state index in [4.69, 9.17) is 5.26 Å². The highest BCUT2D eigenvalue weighted by Gasteiger charge is 2.15. The summed E-state index contributed by atoms with van der Waals surface area (Å²) in [5.41, 5.74) is 2.16. The molecule has 2 rings (SSSR count). The predicted octanol–water partition coefficient (Wildman–Crippen LogP) is 3.61. The average molecular weight is 185 g/mol. The van der Waals surface area contributed by atoms with Crippen LogP contribution in [0.2, 0.25) is 0 Å². The topological polar surface area (TPSA) is 23.8 Å². The van der Waals surface area contributed by atoms with Crippen molar-refractivity contribution in [3.8, 4) is 6.07 Å². The molecule has 1 aromatic rings. The van der Waals surface area contributed by atoms with Gasteiger partial charge in [0.2, 0.25) is 0 Å². The number of hydrogen-bond acceptors (Lipinski definition) is 1. The maximum absolute atomic E-state index is 8.81. The Balaban J connectivity index is 2.18. The number of rotatable bonds is 1. The highest BCUT2D eigenvalue weighted by atomic mass is 14.2. The minimum Gasteiger partial charge on any atom is -0.192 e. The smallest absolute Gasteiger partial charge is 0.0991 e. The van der Waals surface area contributed by atoms with Gasteiger partial charge in [-0.1, -0.05) is 31.4 Å². The van der Waals surface area contributed by atoms with E-state index in [2.05, 4.69) is 18.2 Å². The van der Waals surface area contributed by atoms with Crippen LogP contribution in [0.4, 0.5) is 0 Å². The van der Waals surface area contributed by atoms with Gasteiger partial charge < -0.3 is 0 Å². The zero-order chi connectivity index (χ0) is 9.80. The van der Waals surface area contributed by atoms with Crippen LogP contribution in [0.25, 0.3) is 0 Å². The zero-order valence-corrected chi connectivity index (χ0v) is 8.37. The third kappa shape index (κ3) is 1.96. The van der Waals surface area contributed by atoms with Crippen LogP contribution in [0.5, 0.6) is 0 Å². The van der Waals surface area contributed by atoms with Crippen molar-refractivity contribution in [2.24, 2.45) is 0 Å². The second-order valence-electron chi connectivity index (χ2n) is 4.07. The molecule has 1 saturated carbocycles. The summed E-state index contributed by atoms with van der Waals surface area (Å²) in [6.07, 6.45) is 6.68. The Morgan fingerprint density at radius 3 is 2.64 bits per heavy atom. The van der Waals surface area contributed by atoms with Crippen molar-refractivity contribution in [2.45, 2.75) is 38.0 Å². The quantitative estimate of drug-likeness (QED) is 0.655. The number of benzene rings is 1. The van der Waals surface area contributed by atoms with Gasteiger partial charge in [0, 0.05) is 0 Å². The summed E-state index contributed by atoms with van der Waals surface area (Å²) in [7, 11) is 0. The molecule has 0 N–H and O–H groups in total. The van der Waals surface area contributed by atoms with E-state index in [1.54, 1.807) is 0 Å².